The molecule has 0 aliphatic heterocycles. The van der Waals surface area contributed by atoms with Gasteiger partial charge < -0.3 is 15.6 Å². The van der Waals surface area contributed by atoms with E-state index in [1.807, 2.05) is 32.0 Å². The number of hydrogen-bond acceptors (Lipinski definition) is 7. The van der Waals surface area contributed by atoms with E-state index in [-0.39, 0.29) is 47.3 Å². The van der Waals surface area contributed by atoms with Gasteiger partial charge in [-0.25, -0.2) is 22.9 Å². The zero-order valence-corrected chi connectivity index (χ0v) is 22.9. The number of hydrogen-bond donors (Lipinski definition) is 3. The predicted molar refractivity (Wildman–Crippen MR) is 146 cm³/mol. The molecule has 0 aliphatic rings. The number of nitrogens with zero attached hydrogens (tertiary/aromatic N) is 2. The second-order valence-electron chi connectivity index (χ2n) is 9.16. The topological polar surface area (TPSA) is 144 Å². The number of carboxylic acid groups (broad SMARTS) is 1. The first-order valence-electron chi connectivity index (χ1n) is 11.7. The highest BCUT2D eigenvalue weighted by Crippen LogP contribution is 2.29. The molecule has 0 bridgehead atoms. The molecule has 11 heteroatoms. The number of nitrogens with one attached hydrogen (secondary N) is 1. The first-order chi connectivity index (χ1) is 17.0. The maximum absolute atomic E-state index is 13.0. The quantitative estimate of drug-likeness (QED) is 0.309. The minimum absolute atomic E-state index is 0. The molecule has 0 fully saturated rings. The second kappa shape index (κ2) is 12.8. The van der Waals surface area contributed by atoms with Gasteiger partial charge in [-0.2, -0.15) is 4.98 Å². The van der Waals surface area contributed by atoms with Gasteiger partial charge in [-0.1, -0.05) is 38.1 Å². The molecule has 1 atom stereocenters. The summed E-state index contributed by atoms with van der Waals surface area (Å²) in [6.45, 7) is 8.34. The average Bonchev–Trinajstić information content (AvgIpc) is 2.81. The molecule has 0 saturated heterocycles. The van der Waals surface area contributed by atoms with E-state index in [4.69, 9.17) is 10.5 Å². The number of aromatic carboxylic acids is 1. The predicted octanol–water partition coefficient (Wildman–Crippen LogP) is 4.82. The molecule has 3 rings (SSSR count). The van der Waals surface area contributed by atoms with Crippen molar-refractivity contribution in [3.05, 3.63) is 65.2 Å². The monoisotopic (exact) mass is 548 g/mol. The first-order valence-corrected chi connectivity index (χ1v) is 13.1. The minimum atomic E-state index is -4.17. The molecule has 1 aromatic heterocycles. The molecule has 0 unspecified atom stereocenters. The van der Waals surface area contributed by atoms with Gasteiger partial charge in [0, 0.05) is 17.7 Å². The number of rotatable bonds is 11. The SMILES string of the molecule is Cc1cccc(C)c1-c1cc(OC[C@H](N)CCC(C)C)nc(NS(=O)(=O)c2cccc(C(=O)O)c2)n1.Cl. The van der Waals surface area contributed by atoms with Gasteiger partial charge in [-0.05, 0) is 61.9 Å². The fourth-order valence-corrected chi connectivity index (χ4v) is 4.68. The van der Waals surface area contributed by atoms with E-state index in [0.717, 1.165) is 35.6 Å². The Kier molecular flexibility index (Phi) is 10.4. The summed E-state index contributed by atoms with van der Waals surface area (Å²) in [6, 6.07) is 12.3. The summed E-state index contributed by atoms with van der Waals surface area (Å²) in [4.78, 5) is 19.8. The number of aryl methyl sites for hydroxylation is 2. The van der Waals surface area contributed by atoms with Crippen molar-refractivity contribution in [2.24, 2.45) is 11.7 Å². The molecular weight excluding hydrogens is 516 g/mol. The molecule has 9 nitrogen and oxygen atoms in total. The Balaban J connectivity index is 0.00000481. The number of halogens is 1. The number of carbonyl (C=O) groups is 1. The van der Waals surface area contributed by atoms with Crippen LogP contribution in [0.2, 0.25) is 0 Å². The van der Waals surface area contributed by atoms with Crippen LogP contribution in [0.15, 0.2) is 53.4 Å². The molecule has 37 heavy (non-hydrogen) atoms. The van der Waals surface area contributed by atoms with Gasteiger partial charge >= 0.3 is 5.97 Å². The molecule has 4 N–H and O–H groups in total. The molecule has 0 radical (unpaired) electrons. The molecule has 0 amide bonds. The van der Waals surface area contributed by atoms with E-state index >= 15 is 0 Å². The van der Waals surface area contributed by atoms with Crippen molar-refractivity contribution >= 4 is 34.3 Å². The number of benzene rings is 2. The van der Waals surface area contributed by atoms with Gasteiger partial charge in [-0.3, -0.25) is 0 Å². The van der Waals surface area contributed by atoms with Crippen LogP contribution in [0, 0.1) is 19.8 Å². The first kappa shape index (κ1) is 30.0. The fourth-order valence-electron chi connectivity index (χ4n) is 3.69. The Morgan fingerprint density at radius 1 is 1.05 bits per heavy atom. The maximum Gasteiger partial charge on any atom is 0.335 e. The van der Waals surface area contributed by atoms with Crippen LogP contribution in [0.25, 0.3) is 11.3 Å². The van der Waals surface area contributed by atoms with E-state index in [9.17, 15) is 18.3 Å². The number of ether oxygens (including phenoxy) is 1. The summed E-state index contributed by atoms with van der Waals surface area (Å²) in [6.07, 6.45) is 1.74. The fraction of sp³-hybridized carbons (Fsp3) is 0.346. The van der Waals surface area contributed by atoms with Crippen molar-refractivity contribution in [3.63, 3.8) is 0 Å². The third-order valence-electron chi connectivity index (χ3n) is 5.62. The van der Waals surface area contributed by atoms with E-state index in [1.54, 1.807) is 6.07 Å². The van der Waals surface area contributed by atoms with E-state index in [2.05, 4.69) is 28.5 Å². The maximum atomic E-state index is 13.0. The molecule has 0 spiro atoms. The summed E-state index contributed by atoms with van der Waals surface area (Å²) in [5.41, 5.74) is 9.28. The minimum Gasteiger partial charge on any atom is -0.478 e. The summed E-state index contributed by atoms with van der Waals surface area (Å²) < 4.78 is 34.3. The lowest BCUT2D eigenvalue weighted by Crippen LogP contribution is -2.28. The van der Waals surface area contributed by atoms with E-state index in [1.165, 1.54) is 18.2 Å². The number of sulfonamides is 1. The lowest BCUT2D eigenvalue weighted by Gasteiger charge is -2.16. The Bertz CT molecular complexity index is 1330. The number of carboxylic acids is 1. The van der Waals surface area contributed by atoms with E-state index < -0.39 is 16.0 Å². The van der Waals surface area contributed by atoms with Crippen molar-refractivity contribution in [1.82, 2.24) is 9.97 Å². The smallest absolute Gasteiger partial charge is 0.335 e. The third kappa shape index (κ3) is 8.14. The van der Waals surface area contributed by atoms with Gasteiger partial charge in [0.05, 0.1) is 16.2 Å². The number of anilines is 1. The van der Waals surface area contributed by atoms with Crippen LogP contribution in [0.4, 0.5) is 5.95 Å². The molecule has 0 saturated carbocycles. The highest BCUT2D eigenvalue weighted by atomic mass is 35.5. The van der Waals surface area contributed by atoms with Crippen LogP contribution in [0.1, 0.15) is 48.2 Å². The zero-order chi connectivity index (χ0) is 26.5. The van der Waals surface area contributed by atoms with Gasteiger partial charge in [0.1, 0.15) is 6.61 Å². The molecule has 200 valence electrons. The van der Waals surface area contributed by atoms with Crippen LogP contribution < -0.4 is 15.2 Å². The van der Waals surface area contributed by atoms with Gasteiger partial charge in [0.2, 0.25) is 11.8 Å². The standard InChI is InChI=1S/C26H32N4O5S.ClH/c1-16(2)11-12-20(27)15-35-23-14-22(24-17(3)7-5-8-18(24)4)28-26(29-23)30-36(33,34)21-10-6-9-19(13-21)25(31)32;/h5-10,13-14,16,20H,11-12,15,27H2,1-4H3,(H,31,32)(H,28,29,30);1H/t20-;/m1./s1. The molecule has 1 heterocycles. The average molecular weight is 549 g/mol. The Labute approximate surface area is 224 Å². The van der Waals surface area contributed by atoms with Crippen LogP contribution in [0.5, 0.6) is 5.88 Å². The summed E-state index contributed by atoms with van der Waals surface area (Å²) >= 11 is 0. The lowest BCUT2D eigenvalue weighted by atomic mass is 10.00. The molecule has 2 aromatic carbocycles. The van der Waals surface area contributed by atoms with Crippen molar-refractivity contribution in [2.45, 2.75) is 51.5 Å². The normalized spacial score (nSPS) is 12.1. The van der Waals surface area contributed by atoms with Crippen LogP contribution in [0.3, 0.4) is 0 Å². The van der Waals surface area contributed by atoms with Crippen molar-refractivity contribution in [1.29, 1.82) is 0 Å². The Morgan fingerprint density at radius 2 is 1.70 bits per heavy atom. The van der Waals surface area contributed by atoms with Crippen LogP contribution in [-0.4, -0.2) is 42.1 Å². The lowest BCUT2D eigenvalue weighted by molar-refractivity contribution is 0.0696. The van der Waals surface area contributed by atoms with Crippen LogP contribution in [-0.2, 0) is 10.0 Å². The van der Waals surface area contributed by atoms with E-state index in [0.29, 0.717) is 11.6 Å². The zero-order valence-electron chi connectivity index (χ0n) is 21.3. The second-order valence-corrected chi connectivity index (χ2v) is 10.8. The molecule has 0 aliphatic carbocycles. The highest BCUT2D eigenvalue weighted by Gasteiger charge is 2.20. The number of aromatic nitrogens is 2. The largest absolute Gasteiger partial charge is 0.478 e. The summed E-state index contributed by atoms with van der Waals surface area (Å²) in [5.74, 6) is -0.725. The number of nitrogens with two attached hydrogens (primary N) is 1. The van der Waals surface area contributed by atoms with Crippen molar-refractivity contribution in [2.75, 3.05) is 11.3 Å². The highest BCUT2D eigenvalue weighted by molar-refractivity contribution is 7.92. The molecular formula is C26H33ClN4O5S. The van der Waals surface area contributed by atoms with Gasteiger partial charge in [0.25, 0.3) is 10.0 Å². The summed E-state index contributed by atoms with van der Waals surface area (Å²) in [5, 5.41) is 9.22. The van der Waals surface area contributed by atoms with Gasteiger partial charge in [0.15, 0.2) is 0 Å². The van der Waals surface area contributed by atoms with Crippen molar-refractivity contribution < 1.29 is 23.1 Å². The van der Waals surface area contributed by atoms with Gasteiger partial charge in [-0.15, -0.1) is 12.4 Å². The Hall–Kier alpha value is -3.21. The summed E-state index contributed by atoms with van der Waals surface area (Å²) in [7, 11) is -4.17. The van der Waals surface area contributed by atoms with Crippen molar-refractivity contribution in [3.8, 4) is 17.1 Å². The Morgan fingerprint density at radius 3 is 2.32 bits per heavy atom. The third-order valence-corrected chi connectivity index (χ3v) is 6.94. The van der Waals surface area contributed by atoms with Crippen LogP contribution >= 0.6 is 12.4 Å². The molecule has 3 aromatic rings.